The number of rotatable bonds is 6. The van der Waals surface area contributed by atoms with Gasteiger partial charge in [0.2, 0.25) is 0 Å². The molecular formula is C16H23F3N2O. The summed E-state index contributed by atoms with van der Waals surface area (Å²) in [6, 6.07) is 6.59. The van der Waals surface area contributed by atoms with Gasteiger partial charge in [-0.3, -0.25) is 4.90 Å². The number of nitrogens with zero attached hydrogens (tertiary/aromatic N) is 1. The summed E-state index contributed by atoms with van der Waals surface area (Å²) in [6.45, 7) is 6.00. The minimum atomic E-state index is -4.64. The Bertz CT molecular complexity index is 442. The van der Waals surface area contributed by atoms with Crippen molar-refractivity contribution >= 4 is 0 Å². The maximum Gasteiger partial charge on any atom is 0.573 e. The van der Waals surface area contributed by atoms with Gasteiger partial charge in [0.15, 0.2) is 0 Å². The summed E-state index contributed by atoms with van der Waals surface area (Å²) in [6.07, 6.45) is -1.40. The van der Waals surface area contributed by atoms with Gasteiger partial charge in [0.1, 0.15) is 5.75 Å². The van der Waals surface area contributed by atoms with Crippen molar-refractivity contribution in [2.24, 2.45) is 0 Å². The Kier molecular flexibility index (Phi) is 6.08. The third-order valence-electron chi connectivity index (χ3n) is 3.92. The van der Waals surface area contributed by atoms with E-state index in [2.05, 4.69) is 21.9 Å². The molecule has 0 saturated carbocycles. The molecule has 3 nitrogen and oxygen atoms in total. The Morgan fingerprint density at radius 2 is 1.82 bits per heavy atom. The van der Waals surface area contributed by atoms with E-state index < -0.39 is 6.36 Å². The second kappa shape index (κ2) is 7.83. The molecule has 0 spiro atoms. The van der Waals surface area contributed by atoms with Crippen LogP contribution >= 0.6 is 0 Å². The standard InChI is InChI=1S/C16H23F3N2O/c1-2-3-4-15(21-11-9-20-10-12-21)13-5-7-14(8-6-13)22-16(17,18)19/h5-8,15,20H,2-4,9-12H2,1H3/t15-/m1/s1. The van der Waals surface area contributed by atoms with Crippen LogP contribution in [0.3, 0.4) is 0 Å². The zero-order valence-electron chi connectivity index (χ0n) is 12.8. The van der Waals surface area contributed by atoms with Crippen LogP contribution in [0, 0.1) is 0 Å². The molecule has 1 heterocycles. The van der Waals surface area contributed by atoms with Crippen LogP contribution in [0.5, 0.6) is 5.75 Å². The first-order chi connectivity index (χ1) is 10.5. The molecular weight excluding hydrogens is 293 g/mol. The average molecular weight is 316 g/mol. The fourth-order valence-electron chi connectivity index (χ4n) is 2.84. The third kappa shape index (κ3) is 5.18. The second-order valence-corrected chi connectivity index (χ2v) is 5.56. The first kappa shape index (κ1) is 17.1. The van der Waals surface area contributed by atoms with Crippen molar-refractivity contribution in [3.8, 4) is 5.75 Å². The monoisotopic (exact) mass is 316 g/mol. The number of unbranched alkanes of at least 4 members (excludes halogenated alkanes) is 1. The quantitative estimate of drug-likeness (QED) is 0.865. The van der Waals surface area contributed by atoms with Crippen molar-refractivity contribution in [1.82, 2.24) is 10.2 Å². The summed E-state index contributed by atoms with van der Waals surface area (Å²) in [5.41, 5.74) is 1.06. The Balaban J connectivity index is 2.09. The number of nitrogens with one attached hydrogen (secondary N) is 1. The first-order valence-electron chi connectivity index (χ1n) is 7.80. The summed E-state index contributed by atoms with van der Waals surface area (Å²) in [5.74, 6) is -0.161. The fourth-order valence-corrected chi connectivity index (χ4v) is 2.84. The lowest BCUT2D eigenvalue weighted by molar-refractivity contribution is -0.274. The van der Waals surface area contributed by atoms with Gasteiger partial charge in [-0.15, -0.1) is 13.2 Å². The normalized spacial score (nSPS) is 18.2. The van der Waals surface area contributed by atoms with E-state index in [9.17, 15) is 13.2 Å². The van der Waals surface area contributed by atoms with Gasteiger partial charge >= 0.3 is 6.36 Å². The first-order valence-corrected chi connectivity index (χ1v) is 7.80. The van der Waals surface area contributed by atoms with E-state index in [0.717, 1.165) is 51.0 Å². The van der Waals surface area contributed by atoms with Crippen molar-refractivity contribution in [3.63, 3.8) is 0 Å². The number of ether oxygens (including phenoxy) is 1. The maximum atomic E-state index is 12.2. The number of piperazine rings is 1. The molecule has 1 saturated heterocycles. The molecule has 0 radical (unpaired) electrons. The molecule has 6 heteroatoms. The van der Waals surface area contributed by atoms with Crippen LogP contribution in [0.1, 0.15) is 37.8 Å². The molecule has 0 aliphatic carbocycles. The molecule has 1 atom stereocenters. The van der Waals surface area contributed by atoms with Crippen LogP contribution in [0.15, 0.2) is 24.3 Å². The van der Waals surface area contributed by atoms with Gasteiger partial charge < -0.3 is 10.1 Å². The van der Waals surface area contributed by atoms with Gasteiger partial charge in [-0.2, -0.15) is 0 Å². The Hall–Kier alpha value is -1.27. The largest absolute Gasteiger partial charge is 0.573 e. The highest BCUT2D eigenvalue weighted by Gasteiger charge is 2.31. The van der Waals surface area contributed by atoms with E-state index in [1.54, 1.807) is 12.1 Å². The lowest BCUT2D eigenvalue weighted by atomic mass is 9.98. The fraction of sp³-hybridized carbons (Fsp3) is 0.625. The summed E-state index contributed by atoms with van der Waals surface area (Å²) in [5, 5.41) is 3.33. The smallest absolute Gasteiger partial charge is 0.406 e. The van der Waals surface area contributed by atoms with Gasteiger partial charge in [0, 0.05) is 32.2 Å². The number of hydrogen-bond donors (Lipinski definition) is 1. The molecule has 1 aromatic rings. The zero-order valence-corrected chi connectivity index (χ0v) is 12.8. The molecule has 0 unspecified atom stereocenters. The van der Waals surface area contributed by atoms with Gasteiger partial charge in [-0.25, -0.2) is 0 Å². The lowest BCUT2D eigenvalue weighted by Gasteiger charge is -2.35. The van der Waals surface area contributed by atoms with Crippen LogP contribution in [0.2, 0.25) is 0 Å². The molecule has 1 N–H and O–H groups in total. The number of hydrogen-bond acceptors (Lipinski definition) is 3. The van der Waals surface area contributed by atoms with E-state index in [4.69, 9.17) is 0 Å². The Morgan fingerprint density at radius 1 is 1.18 bits per heavy atom. The van der Waals surface area contributed by atoms with Crippen LogP contribution in [-0.2, 0) is 0 Å². The molecule has 2 rings (SSSR count). The van der Waals surface area contributed by atoms with E-state index in [1.807, 2.05) is 0 Å². The maximum absolute atomic E-state index is 12.2. The van der Waals surface area contributed by atoms with Crippen molar-refractivity contribution in [2.45, 2.75) is 38.6 Å². The molecule has 0 bridgehead atoms. The zero-order chi connectivity index (χ0) is 16.0. The van der Waals surface area contributed by atoms with Gasteiger partial charge in [0.25, 0.3) is 0 Å². The SMILES string of the molecule is CCCC[C@H](c1ccc(OC(F)(F)F)cc1)N1CCNCC1. The van der Waals surface area contributed by atoms with E-state index in [-0.39, 0.29) is 11.8 Å². The lowest BCUT2D eigenvalue weighted by Crippen LogP contribution is -2.45. The minimum absolute atomic E-state index is 0.161. The summed E-state index contributed by atoms with van der Waals surface area (Å²) in [7, 11) is 0. The van der Waals surface area contributed by atoms with E-state index in [0.29, 0.717) is 0 Å². The summed E-state index contributed by atoms with van der Waals surface area (Å²) in [4.78, 5) is 2.41. The number of benzene rings is 1. The van der Waals surface area contributed by atoms with Gasteiger partial charge in [-0.1, -0.05) is 31.9 Å². The molecule has 0 aromatic heterocycles. The molecule has 124 valence electrons. The summed E-state index contributed by atoms with van der Waals surface area (Å²) < 4.78 is 40.6. The van der Waals surface area contributed by atoms with Gasteiger partial charge in [0.05, 0.1) is 0 Å². The summed E-state index contributed by atoms with van der Waals surface area (Å²) >= 11 is 0. The Labute approximate surface area is 129 Å². The van der Waals surface area contributed by atoms with E-state index in [1.165, 1.54) is 12.1 Å². The molecule has 0 amide bonds. The molecule has 1 aliphatic rings. The van der Waals surface area contributed by atoms with Crippen molar-refractivity contribution < 1.29 is 17.9 Å². The minimum Gasteiger partial charge on any atom is -0.406 e. The van der Waals surface area contributed by atoms with Crippen LogP contribution in [-0.4, -0.2) is 37.4 Å². The molecule has 22 heavy (non-hydrogen) atoms. The Morgan fingerprint density at radius 3 is 2.36 bits per heavy atom. The third-order valence-corrected chi connectivity index (χ3v) is 3.92. The highest BCUT2D eigenvalue weighted by atomic mass is 19.4. The van der Waals surface area contributed by atoms with Crippen molar-refractivity contribution in [2.75, 3.05) is 26.2 Å². The molecule has 1 aliphatic heterocycles. The molecule has 1 aromatic carbocycles. The second-order valence-electron chi connectivity index (χ2n) is 5.56. The van der Waals surface area contributed by atoms with Crippen LogP contribution in [0.25, 0.3) is 0 Å². The molecule has 1 fully saturated rings. The number of halogens is 3. The number of alkyl halides is 3. The van der Waals surface area contributed by atoms with Crippen LogP contribution in [0.4, 0.5) is 13.2 Å². The topological polar surface area (TPSA) is 24.5 Å². The average Bonchev–Trinajstić information content (AvgIpc) is 2.49. The van der Waals surface area contributed by atoms with E-state index >= 15 is 0 Å². The highest BCUT2D eigenvalue weighted by molar-refractivity contribution is 5.29. The van der Waals surface area contributed by atoms with Gasteiger partial charge in [-0.05, 0) is 24.1 Å². The van der Waals surface area contributed by atoms with Crippen LogP contribution < -0.4 is 10.1 Å². The predicted molar refractivity (Wildman–Crippen MR) is 79.8 cm³/mol. The predicted octanol–water partition coefficient (Wildman–Crippen LogP) is 3.72. The van der Waals surface area contributed by atoms with Crippen molar-refractivity contribution in [3.05, 3.63) is 29.8 Å². The van der Waals surface area contributed by atoms with Crippen molar-refractivity contribution in [1.29, 1.82) is 0 Å². The highest BCUT2D eigenvalue weighted by Crippen LogP contribution is 2.29.